The first-order chi connectivity index (χ1) is 17.2. The fourth-order valence-electron chi connectivity index (χ4n) is 5.73. The third-order valence-corrected chi connectivity index (χ3v) is 8.18. The van der Waals surface area contributed by atoms with Gasteiger partial charge in [-0.2, -0.15) is 0 Å². The van der Waals surface area contributed by atoms with E-state index in [-0.39, 0.29) is 5.91 Å². The normalized spacial score (nSPS) is 19.1. The Balaban J connectivity index is 1.07. The zero-order valence-corrected chi connectivity index (χ0v) is 20.4. The molecule has 0 bridgehead atoms. The highest BCUT2D eigenvalue weighted by Gasteiger charge is 2.27. The molecule has 0 radical (unpaired) electrons. The van der Waals surface area contributed by atoms with Gasteiger partial charge in [-0.3, -0.25) is 14.7 Å². The predicted octanol–water partition coefficient (Wildman–Crippen LogP) is 4.66. The summed E-state index contributed by atoms with van der Waals surface area (Å²) in [5.74, 6) is 0.125. The summed E-state index contributed by atoms with van der Waals surface area (Å²) < 4.78 is 0. The molecule has 3 heterocycles. The molecule has 0 unspecified atom stereocenters. The average Bonchev–Trinajstić information content (AvgIpc) is 3.10. The van der Waals surface area contributed by atoms with Crippen molar-refractivity contribution >= 4 is 11.6 Å². The Morgan fingerprint density at radius 3 is 2.26 bits per heavy atom. The van der Waals surface area contributed by atoms with E-state index < -0.39 is 0 Å². The van der Waals surface area contributed by atoms with Gasteiger partial charge in [0.25, 0.3) is 5.91 Å². The van der Waals surface area contributed by atoms with Gasteiger partial charge in [0.15, 0.2) is 0 Å². The molecule has 0 atom stereocenters. The number of carbonyl (C=O) groups excluding carboxylic acids is 1. The molecular formula is C30H34N4O. The molecule has 1 amide bonds. The van der Waals surface area contributed by atoms with Gasteiger partial charge in [-0.15, -0.1) is 0 Å². The second kappa shape index (κ2) is 9.82. The first-order valence-electron chi connectivity index (χ1n) is 13.2. The highest BCUT2D eigenvalue weighted by molar-refractivity contribution is 5.95. The number of fused-ring (bicyclic) bond motifs is 1. The summed E-state index contributed by atoms with van der Waals surface area (Å²) in [4.78, 5) is 24.5. The van der Waals surface area contributed by atoms with Crippen LogP contribution in [0.5, 0.6) is 0 Å². The molecule has 2 aliphatic heterocycles. The maximum Gasteiger partial charge on any atom is 0.253 e. The molecule has 6 rings (SSSR count). The largest absolute Gasteiger partial charge is 0.368 e. The van der Waals surface area contributed by atoms with Crippen molar-refractivity contribution < 1.29 is 4.79 Å². The molecule has 3 aromatic rings. The number of piperazine rings is 1. The molecule has 0 N–H and O–H groups in total. The molecule has 180 valence electrons. The van der Waals surface area contributed by atoms with Gasteiger partial charge < -0.3 is 9.80 Å². The van der Waals surface area contributed by atoms with Crippen LogP contribution in [0.1, 0.15) is 40.7 Å². The Labute approximate surface area is 208 Å². The van der Waals surface area contributed by atoms with E-state index in [1.165, 1.54) is 55.6 Å². The van der Waals surface area contributed by atoms with Gasteiger partial charge in [-0.1, -0.05) is 30.7 Å². The molecule has 2 aromatic carbocycles. The first-order valence-corrected chi connectivity index (χ1v) is 13.2. The standard InChI is InChI=1S/C30H34N4O/c35-30(25-8-6-23(7-9-25)27-3-2-14-31-22-27)34-19-17-33(18-20-34)29-11-10-24-12-15-32(28-4-1-5-28)16-13-26(24)21-29/h2-3,6-11,14,21-22,28H,1,4-5,12-13,15-20H2. The van der Waals surface area contributed by atoms with Crippen LogP contribution in [-0.2, 0) is 12.8 Å². The summed E-state index contributed by atoms with van der Waals surface area (Å²) in [6.45, 7) is 5.69. The zero-order valence-electron chi connectivity index (χ0n) is 20.4. The van der Waals surface area contributed by atoms with E-state index in [4.69, 9.17) is 0 Å². The lowest BCUT2D eigenvalue weighted by Crippen LogP contribution is -2.48. The first kappa shape index (κ1) is 22.3. The number of aromatic nitrogens is 1. The van der Waals surface area contributed by atoms with Crippen LogP contribution < -0.4 is 4.90 Å². The third-order valence-electron chi connectivity index (χ3n) is 8.18. The molecule has 35 heavy (non-hydrogen) atoms. The summed E-state index contributed by atoms with van der Waals surface area (Å²) in [7, 11) is 0. The van der Waals surface area contributed by atoms with E-state index in [1.807, 2.05) is 47.5 Å². The van der Waals surface area contributed by atoms with Crippen molar-refractivity contribution in [1.82, 2.24) is 14.8 Å². The third kappa shape index (κ3) is 4.70. The van der Waals surface area contributed by atoms with Crippen LogP contribution in [0.15, 0.2) is 67.0 Å². The lowest BCUT2D eigenvalue weighted by molar-refractivity contribution is 0.0747. The summed E-state index contributed by atoms with van der Waals surface area (Å²) in [6, 6.07) is 19.8. The van der Waals surface area contributed by atoms with E-state index in [2.05, 4.69) is 33.0 Å². The van der Waals surface area contributed by atoms with Gasteiger partial charge >= 0.3 is 0 Å². The minimum atomic E-state index is 0.125. The molecule has 1 saturated heterocycles. The van der Waals surface area contributed by atoms with Crippen LogP contribution >= 0.6 is 0 Å². The molecule has 5 nitrogen and oxygen atoms in total. The van der Waals surface area contributed by atoms with Crippen molar-refractivity contribution in [3.8, 4) is 11.1 Å². The minimum absolute atomic E-state index is 0.125. The molecule has 1 aliphatic carbocycles. The SMILES string of the molecule is O=C(c1ccc(-c2cccnc2)cc1)N1CCN(c2ccc3c(c2)CCN(C2CCC2)CC3)CC1. The summed E-state index contributed by atoms with van der Waals surface area (Å²) >= 11 is 0. The molecular weight excluding hydrogens is 432 g/mol. The van der Waals surface area contributed by atoms with Crippen LogP contribution in [-0.4, -0.2) is 66.0 Å². The van der Waals surface area contributed by atoms with E-state index in [1.54, 1.807) is 6.20 Å². The Morgan fingerprint density at radius 1 is 0.800 bits per heavy atom. The van der Waals surface area contributed by atoms with Gasteiger partial charge in [0.2, 0.25) is 0 Å². The van der Waals surface area contributed by atoms with Crippen molar-refractivity contribution in [1.29, 1.82) is 0 Å². The molecule has 1 saturated carbocycles. The quantitative estimate of drug-likeness (QED) is 0.561. The maximum atomic E-state index is 13.1. The number of rotatable bonds is 4. The molecule has 5 heteroatoms. The highest BCUT2D eigenvalue weighted by Crippen LogP contribution is 2.29. The number of pyridine rings is 1. The van der Waals surface area contributed by atoms with Crippen LogP contribution in [0.3, 0.4) is 0 Å². The molecule has 0 spiro atoms. The number of hydrogen-bond acceptors (Lipinski definition) is 4. The second-order valence-electron chi connectivity index (χ2n) is 10.2. The highest BCUT2D eigenvalue weighted by atomic mass is 16.2. The Bertz CT molecular complexity index is 1160. The number of hydrogen-bond donors (Lipinski definition) is 0. The Morgan fingerprint density at radius 2 is 1.57 bits per heavy atom. The minimum Gasteiger partial charge on any atom is -0.368 e. The maximum absolute atomic E-state index is 13.1. The lowest BCUT2D eigenvalue weighted by Gasteiger charge is -2.36. The summed E-state index contributed by atoms with van der Waals surface area (Å²) in [6.07, 6.45) is 10.1. The lowest BCUT2D eigenvalue weighted by atomic mass is 9.91. The summed E-state index contributed by atoms with van der Waals surface area (Å²) in [5.41, 5.74) is 7.27. The molecule has 3 aliphatic rings. The van der Waals surface area contributed by atoms with Crippen molar-refractivity contribution in [3.05, 3.63) is 83.7 Å². The topological polar surface area (TPSA) is 39.7 Å². The van der Waals surface area contributed by atoms with E-state index in [0.717, 1.165) is 55.3 Å². The van der Waals surface area contributed by atoms with Crippen LogP contribution in [0.25, 0.3) is 11.1 Å². The average molecular weight is 467 g/mol. The summed E-state index contributed by atoms with van der Waals surface area (Å²) in [5, 5.41) is 0. The van der Waals surface area contributed by atoms with Crippen molar-refractivity contribution in [3.63, 3.8) is 0 Å². The number of benzene rings is 2. The van der Waals surface area contributed by atoms with Crippen molar-refractivity contribution in [2.45, 2.75) is 38.1 Å². The smallest absolute Gasteiger partial charge is 0.253 e. The van der Waals surface area contributed by atoms with Gasteiger partial charge in [0, 0.05) is 69.0 Å². The van der Waals surface area contributed by atoms with E-state index >= 15 is 0 Å². The second-order valence-corrected chi connectivity index (χ2v) is 10.2. The van der Waals surface area contributed by atoms with Crippen molar-refractivity contribution in [2.75, 3.05) is 44.2 Å². The van der Waals surface area contributed by atoms with E-state index in [9.17, 15) is 4.79 Å². The Kier molecular flexibility index (Phi) is 6.26. The van der Waals surface area contributed by atoms with Crippen LogP contribution in [0, 0.1) is 0 Å². The van der Waals surface area contributed by atoms with Crippen LogP contribution in [0.2, 0.25) is 0 Å². The monoisotopic (exact) mass is 466 g/mol. The zero-order chi connectivity index (χ0) is 23.6. The van der Waals surface area contributed by atoms with Gasteiger partial charge in [0.1, 0.15) is 0 Å². The number of nitrogens with zero attached hydrogens (tertiary/aromatic N) is 4. The van der Waals surface area contributed by atoms with E-state index in [0.29, 0.717) is 0 Å². The number of carbonyl (C=O) groups is 1. The fourth-order valence-corrected chi connectivity index (χ4v) is 5.73. The van der Waals surface area contributed by atoms with Gasteiger partial charge in [-0.05, 0) is 78.3 Å². The van der Waals surface area contributed by atoms with Gasteiger partial charge in [0.05, 0.1) is 0 Å². The van der Waals surface area contributed by atoms with Crippen molar-refractivity contribution in [2.24, 2.45) is 0 Å². The number of amides is 1. The molecule has 2 fully saturated rings. The molecule has 1 aromatic heterocycles. The number of anilines is 1. The fraction of sp³-hybridized carbons (Fsp3) is 0.400. The Hall–Kier alpha value is -3.18. The van der Waals surface area contributed by atoms with Crippen LogP contribution in [0.4, 0.5) is 5.69 Å². The van der Waals surface area contributed by atoms with Gasteiger partial charge in [-0.25, -0.2) is 0 Å². The predicted molar refractivity (Wildman–Crippen MR) is 141 cm³/mol.